The predicted molar refractivity (Wildman–Crippen MR) is 69.6 cm³/mol. The van der Waals surface area contributed by atoms with Gasteiger partial charge in [-0.15, -0.1) is 0 Å². The van der Waals surface area contributed by atoms with Crippen molar-refractivity contribution in [2.24, 2.45) is 0 Å². The van der Waals surface area contributed by atoms with Crippen molar-refractivity contribution in [3.8, 4) is 0 Å². The minimum atomic E-state index is 0.845. The molecule has 1 aliphatic carbocycles. The van der Waals surface area contributed by atoms with Crippen LogP contribution in [-0.4, -0.2) is 24.5 Å². The van der Waals surface area contributed by atoms with Gasteiger partial charge in [-0.2, -0.15) is 0 Å². The highest BCUT2D eigenvalue weighted by Gasteiger charge is 2.17. The molecule has 0 bridgehead atoms. The van der Waals surface area contributed by atoms with Crippen molar-refractivity contribution >= 4 is 0 Å². The second-order valence-corrected chi connectivity index (χ2v) is 5.01. The molecule has 1 aliphatic rings. The maximum absolute atomic E-state index is 2.56. The summed E-state index contributed by atoms with van der Waals surface area (Å²) in [4.78, 5) is 2.56. The molecule has 0 heterocycles. The number of hydrogen-bond acceptors (Lipinski definition) is 1. The Hall–Kier alpha value is -0.820. The Morgan fingerprint density at radius 3 is 2.44 bits per heavy atom. The van der Waals surface area contributed by atoms with E-state index in [1.54, 1.807) is 0 Å². The molecule has 0 amide bonds. The number of hydrogen-bond donors (Lipinski definition) is 0. The molecule has 0 aromatic heterocycles. The zero-order chi connectivity index (χ0) is 11.2. The topological polar surface area (TPSA) is 3.24 Å². The van der Waals surface area contributed by atoms with Crippen LogP contribution in [0.25, 0.3) is 0 Å². The summed E-state index contributed by atoms with van der Waals surface area (Å²) < 4.78 is 0. The van der Waals surface area contributed by atoms with Crippen LogP contribution in [0.5, 0.6) is 0 Å². The molecular weight excluding hydrogens is 194 g/mol. The van der Waals surface area contributed by atoms with Crippen LogP contribution in [0.3, 0.4) is 0 Å². The molecule has 88 valence electrons. The number of benzene rings is 1. The molecule has 0 unspecified atom stereocenters. The van der Waals surface area contributed by atoms with Crippen LogP contribution >= 0.6 is 0 Å². The fourth-order valence-corrected chi connectivity index (χ4v) is 2.65. The highest BCUT2D eigenvalue weighted by Crippen LogP contribution is 2.21. The van der Waals surface area contributed by atoms with Gasteiger partial charge in [0.05, 0.1) is 0 Å². The van der Waals surface area contributed by atoms with Crippen molar-refractivity contribution in [3.05, 3.63) is 35.9 Å². The van der Waals surface area contributed by atoms with Crippen LogP contribution in [0.4, 0.5) is 0 Å². The van der Waals surface area contributed by atoms with Gasteiger partial charge in [-0.25, -0.2) is 0 Å². The molecule has 0 aliphatic heterocycles. The van der Waals surface area contributed by atoms with E-state index in [9.17, 15) is 0 Å². The summed E-state index contributed by atoms with van der Waals surface area (Å²) in [5.41, 5.74) is 1.46. The third-order valence-corrected chi connectivity index (χ3v) is 3.79. The lowest BCUT2D eigenvalue weighted by Crippen LogP contribution is -2.34. The SMILES string of the molecule is CN(CCc1ccccc1)C1CCCCC1. The van der Waals surface area contributed by atoms with E-state index in [-0.39, 0.29) is 0 Å². The second-order valence-electron chi connectivity index (χ2n) is 5.01. The van der Waals surface area contributed by atoms with Gasteiger partial charge in [0.2, 0.25) is 0 Å². The molecular formula is C15H23N. The fourth-order valence-electron chi connectivity index (χ4n) is 2.65. The summed E-state index contributed by atoms with van der Waals surface area (Å²) in [6.07, 6.45) is 8.31. The molecule has 1 saturated carbocycles. The standard InChI is InChI=1S/C15H23N/c1-16(15-10-6-3-7-11-15)13-12-14-8-4-2-5-9-14/h2,4-5,8-9,15H,3,6-7,10-13H2,1H3. The molecule has 0 spiro atoms. The van der Waals surface area contributed by atoms with E-state index in [0.717, 1.165) is 6.04 Å². The molecule has 2 rings (SSSR count). The van der Waals surface area contributed by atoms with Gasteiger partial charge < -0.3 is 4.90 Å². The molecule has 1 aromatic carbocycles. The predicted octanol–water partition coefficient (Wildman–Crippen LogP) is 3.49. The first-order valence-corrected chi connectivity index (χ1v) is 6.60. The van der Waals surface area contributed by atoms with Gasteiger partial charge in [-0.1, -0.05) is 49.6 Å². The van der Waals surface area contributed by atoms with Gasteiger partial charge in [-0.05, 0) is 31.9 Å². The van der Waals surface area contributed by atoms with Gasteiger partial charge >= 0.3 is 0 Å². The van der Waals surface area contributed by atoms with E-state index in [1.807, 2.05) is 0 Å². The molecule has 0 saturated heterocycles. The van der Waals surface area contributed by atoms with Gasteiger partial charge in [0, 0.05) is 12.6 Å². The van der Waals surface area contributed by atoms with Crippen molar-refractivity contribution in [3.63, 3.8) is 0 Å². The van der Waals surface area contributed by atoms with Gasteiger partial charge in [0.15, 0.2) is 0 Å². The molecule has 1 aromatic rings. The van der Waals surface area contributed by atoms with Crippen molar-refractivity contribution in [1.82, 2.24) is 4.90 Å². The van der Waals surface area contributed by atoms with E-state index in [2.05, 4.69) is 42.3 Å². The summed E-state index contributed by atoms with van der Waals surface area (Å²) in [6.45, 7) is 1.20. The molecule has 0 N–H and O–H groups in total. The number of nitrogens with zero attached hydrogens (tertiary/aromatic N) is 1. The van der Waals surface area contributed by atoms with E-state index in [4.69, 9.17) is 0 Å². The summed E-state index contributed by atoms with van der Waals surface area (Å²) in [5.74, 6) is 0. The third-order valence-electron chi connectivity index (χ3n) is 3.79. The van der Waals surface area contributed by atoms with Crippen LogP contribution in [-0.2, 0) is 6.42 Å². The normalized spacial score (nSPS) is 17.9. The molecule has 1 nitrogen and oxygen atoms in total. The lowest BCUT2D eigenvalue weighted by molar-refractivity contribution is 0.194. The smallest absolute Gasteiger partial charge is 0.00923 e. The number of rotatable bonds is 4. The Balaban J connectivity index is 1.76. The van der Waals surface area contributed by atoms with Gasteiger partial charge in [-0.3, -0.25) is 0 Å². The molecule has 1 fully saturated rings. The van der Waals surface area contributed by atoms with Crippen molar-refractivity contribution in [2.45, 2.75) is 44.6 Å². The Labute approximate surface area is 99.5 Å². The maximum atomic E-state index is 2.56. The molecule has 0 atom stereocenters. The fraction of sp³-hybridized carbons (Fsp3) is 0.600. The van der Waals surface area contributed by atoms with Crippen LogP contribution in [0.1, 0.15) is 37.7 Å². The average Bonchev–Trinajstić information content (AvgIpc) is 2.38. The Bertz CT molecular complexity index is 288. The molecule has 1 heteroatoms. The largest absolute Gasteiger partial charge is 0.303 e. The summed E-state index contributed by atoms with van der Waals surface area (Å²) in [5, 5.41) is 0. The van der Waals surface area contributed by atoms with Gasteiger partial charge in [0.1, 0.15) is 0 Å². The number of likely N-dealkylation sites (N-methyl/N-ethyl adjacent to an activating group) is 1. The minimum absolute atomic E-state index is 0.845. The Kier molecular flexibility index (Phi) is 4.41. The minimum Gasteiger partial charge on any atom is -0.303 e. The van der Waals surface area contributed by atoms with Gasteiger partial charge in [0.25, 0.3) is 0 Å². The average molecular weight is 217 g/mol. The van der Waals surface area contributed by atoms with Crippen molar-refractivity contribution in [2.75, 3.05) is 13.6 Å². The first-order chi connectivity index (χ1) is 7.86. The Morgan fingerprint density at radius 1 is 1.06 bits per heavy atom. The lowest BCUT2D eigenvalue weighted by Gasteiger charge is -2.31. The molecule has 16 heavy (non-hydrogen) atoms. The van der Waals surface area contributed by atoms with Crippen LogP contribution in [0, 0.1) is 0 Å². The van der Waals surface area contributed by atoms with E-state index >= 15 is 0 Å². The van der Waals surface area contributed by atoms with E-state index in [1.165, 1.54) is 50.6 Å². The Morgan fingerprint density at radius 2 is 1.75 bits per heavy atom. The summed E-state index contributed by atoms with van der Waals surface area (Å²) >= 11 is 0. The maximum Gasteiger partial charge on any atom is 0.00923 e. The summed E-state index contributed by atoms with van der Waals surface area (Å²) in [6, 6.07) is 11.7. The van der Waals surface area contributed by atoms with Crippen molar-refractivity contribution in [1.29, 1.82) is 0 Å². The zero-order valence-corrected chi connectivity index (χ0v) is 10.4. The summed E-state index contributed by atoms with van der Waals surface area (Å²) in [7, 11) is 2.29. The lowest BCUT2D eigenvalue weighted by atomic mass is 9.94. The first kappa shape index (κ1) is 11.7. The quantitative estimate of drug-likeness (QED) is 0.746. The zero-order valence-electron chi connectivity index (χ0n) is 10.4. The highest BCUT2D eigenvalue weighted by molar-refractivity contribution is 5.14. The monoisotopic (exact) mass is 217 g/mol. The van der Waals surface area contributed by atoms with E-state index < -0.39 is 0 Å². The highest BCUT2D eigenvalue weighted by atomic mass is 15.1. The van der Waals surface area contributed by atoms with Crippen LogP contribution < -0.4 is 0 Å². The third kappa shape index (κ3) is 3.34. The molecule has 0 radical (unpaired) electrons. The van der Waals surface area contributed by atoms with Crippen molar-refractivity contribution < 1.29 is 0 Å². The van der Waals surface area contributed by atoms with E-state index in [0.29, 0.717) is 0 Å². The van der Waals surface area contributed by atoms with Crippen LogP contribution in [0.2, 0.25) is 0 Å². The van der Waals surface area contributed by atoms with Crippen LogP contribution in [0.15, 0.2) is 30.3 Å². The first-order valence-electron chi connectivity index (χ1n) is 6.60. The second kappa shape index (κ2) is 6.05.